The Morgan fingerprint density at radius 1 is 1.24 bits per heavy atom. The van der Waals surface area contributed by atoms with E-state index in [-0.39, 0.29) is 11.5 Å². The number of hydrogen-bond acceptors (Lipinski definition) is 3. The lowest BCUT2D eigenvalue weighted by molar-refractivity contribution is -0.303. The molecule has 2 aromatic rings. The first-order valence-corrected chi connectivity index (χ1v) is 10.0. The summed E-state index contributed by atoms with van der Waals surface area (Å²) in [6.45, 7) is 3.42. The Hall–Kier alpha value is -4.07. The molecule has 0 aliphatic heterocycles. The SMILES string of the molecule is C=C/C=C(\C=C/CC1=C(c2cccc(-c3cc(C(N)=O)[nH]n3)c2)C=CC=CC1)OC(F)(F)F. The quantitative estimate of drug-likeness (QED) is 0.380. The smallest absolute Gasteiger partial charge is 0.406 e. The van der Waals surface area contributed by atoms with Crippen molar-refractivity contribution >= 4 is 11.5 Å². The van der Waals surface area contributed by atoms with Crippen LogP contribution in [0.4, 0.5) is 13.2 Å². The van der Waals surface area contributed by atoms with Crippen molar-refractivity contribution in [2.45, 2.75) is 19.2 Å². The van der Waals surface area contributed by atoms with Crippen molar-refractivity contribution < 1.29 is 22.7 Å². The number of aromatic amines is 1. The van der Waals surface area contributed by atoms with Gasteiger partial charge in [-0.15, -0.1) is 13.2 Å². The molecular formula is C25H22F3N3O2. The maximum atomic E-state index is 12.6. The molecule has 0 saturated heterocycles. The Morgan fingerprint density at radius 2 is 2.03 bits per heavy atom. The Morgan fingerprint density at radius 3 is 2.73 bits per heavy atom. The Kier molecular flexibility index (Phi) is 7.50. The molecule has 0 saturated carbocycles. The molecule has 1 aromatic carbocycles. The number of nitrogens with one attached hydrogen (secondary N) is 1. The van der Waals surface area contributed by atoms with Crippen LogP contribution in [0.3, 0.4) is 0 Å². The minimum atomic E-state index is -4.78. The van der Waals surface area contributed by atoms with Gasteiger partial charge in [0.1, 0.15) is 11.5 Å². The second-order valence-corrected chi connectivity index (χ2v) is 7.08. The van der Waals surface area contributed by atoms with Crippen LogP contribution in [0.25, 0.3) is 16.8 Å². The van der Waals surface area contributed by atoms with Gasteiger partial charge in [0.25, 0.3) is 5.91 Å². The van der Waals surface area contributed by atoms with Gasteiger partial charge in [-0.3, -0.25) is 9.89 Å². The van der Waals surface area contributed by atoms with Crippen molar-refractivity contribution in [3.8, 4) is 11.3 Å². The van der Waals surface area contributed by atoms with E-state index in [1.807, 2.05) is 48.6 Å². The predicted octanol–water partition coefficient (Wildman–Crippen LogP) is 6.00. The summed E-state index contributed by atoms with van der Waals surface area (Å²) in [5.41, 5.74) is 9.74. The van der Waals surface area contributed by atoms with E-state index in [2.05, 4.69) is 21.5 Å². The number of benzene rings is 1. The summed E-state index contributed by atoms with van der Waals surface area (Å²) in [6.07, 6.45) is 9.33. The van der Waals surface area contributed by atoms with Crippen molar-refractivity contribution in [1.29, 1.82) is 0 Å². The van der Waals surface area contributed by atoms with Gasteiger partial charge in [0.15, 0.2) is 0 Å². The number of allylic oxidation sites excluding steroid dienone is 10. The number of ether oxygens (including phenoxy) is 1. The number of halogens is 3. The number of aromatic nitrogens is 2. The van der Waals surface area contributed by atoms with Gasteiger partial charge in [-0.1, -0.05) is 66.8 Å². The summed E-state index contributed by atoms with van der Waals surface area (Å²) in [7, 11) is 0. The number of amides is 1. The molecule has 1 aromatic heterocycles. The van der Waals surface area contributed by atoms with Crippen molar-refractivity contribution in [3.05, 3.63) is 108 Å². The lowest BCUT2D eigenvalue weighted by Crippen LogP contribution is -2.11. The van der Waals surface area contributed by atoms with Gasteiger partial charge in [-0.25, -0.2) is 0 Å². The molecule has 0 radical (unpaired) electrons. The zero-order chi connectivity index (χ0) is 23.8. The van der Waals surface area contributed by atoms with Crippen LogP contribution in [-0.2, 0) is 4.74 Å². The highest BCUT2D eigenvalue weighted by atomic mass is 19.4. The number of hydrogen-bond donors (Lipinski definition) is 2. The van der Waals surface area contributed by atoms with E-state index in [0.29, 0.717) is 18.5 Å². The Bertz CT molecular complexity index is 1180. The van der Waals surface area contributed by atoms with Crippen LogP contribution in [0.15, 0.2) is 96.9 Å². The minimum Gasteiger partial charge on any atom is -0.406 e. The maximum absolute atomic E-state index is 12.6. The van der Waals surface area contributed by atoms with E-state index >= 15 is 0 Å². The summed E-state index contributed by atoms with van der Waals surface area (Å²) in [4.78, 5) is 11.3. The second kappa shape index (κ2) is 10.5. The number of nitrogens with two attached hydrogens (primary N) is 1. The van der Waals surface area contributed by atoms with Gasteiger partial charge in [-0.05, 0) is 48.3 Å². The van der Waals surface area contributed by atoms with Crippen LogP contribution in [-0.4, -0.2) is 22.5 Å². The monoisotopic (exact) mass is 453 g/mol. The number of carbonyl (C=O) groups excluding carboxylic acids is 1. The average molecular weight is 453 g/mol. The van der Waals surface area contributed by atoms with Crippen LogP contribution in [0.2, 0.25) is 0 Å². The maximum Gasteiger partial charge on any atom is 0.573 e. The van der Waals surface area contributed by atoms with Gasteiger partial charge in [0.2, 0.25) is 0 Å². The molecule has 0 fully saturated rings. The number of rotatable bonds is 8. The lowest BCUT2D eigenvalue weighted by atomic mass is 9.94. The molecule has 1 heterocycles. The predicted molar refractivity (Wildman–Crippen MR) is 122 cm³/mol. The van der Waals surface area contributed by atoms with Crippen molar-refractivity contribution in [2.24, 2.45) is 5.73 Å². The molecule has 3 N–H and O–H groups in total. The van der Waals surface area contributed by atoms with Gasteiger partial charge in [0.05, 0.1) is 5.69 Å². The van der Waals surface area contributed by atoms with Crippen LogP contribution < -0.4 is 5.73 Å². The number of primary amides is 1. The van der Waals surface area contributed by atoms with Crippen molar-refractivity contribution in [3.63, 3.8) is 0 Å². The van der Waals surface area contributed by atoms with Crippen LogP contribution in [0.1, 0.15) is 28.9 Å². The summed E-state index contributed by atoms with van der Waals surface area (Å²) in [6, 6.07) is 9.20. The number of nitrogens with zero attached hydrogens (tertiary/aromatic N) is 1. The first-order chi connectivity index (χ1) is 15.8. The van der Waals surface area contributed by atoms with E-state index in [1.54, 1.807) is 12.1 Å². The normalized spacial score (nSPS) is 14.6. The van der Waals surface area contributed by atoms with Gasteiger partial charge in [-0.2, -0.15) is 5.10 Å². The molecule has 1 aliphatic rings. The molecule has 0 bridgehead atoms. The molecule has 0 unspecified atom stereocenters. The summed E-state index contributed by atoms with van der Waals surface area (Å²) >= 11 is 0. The standard InChI is InChI=1S/C25H22F3N3O2/c1-2-8-20(33-25(26,27)28)13-7-10-17-9-4-3-5-14-21(17)18-11-6-12-19(15-18)22-16-23(24(29)32)31-30-22/h2-8,11-16H,1,9-10H2,(H2,29,32)(H,30,31)/b13-7-,20-8+. The molecule has 0 atom stereocenters. The molecule has 3 rings (SSSR count). The van der Waals surface area contributed by atoms with E-state index in [9.17, 15) is 18.0 Å². The largest absolute Gasteiger partial charge is 0.573 e. The topological polar surface area (TPSA) is 81.0 Å². The third-order valence-corrected chi connectivity index (χ3v) is 4.73. The summed E-state index contributed by atoms with van der Waals surface area (Å²) in [5.74, 6) is -0.941. The Balaban J connectivity index is 1.90. The van der Waals surface area contributed by atoms with Crippen LogP contribution in [0.5, 0.6) is 0 Å². The van der Waals surface area contributed by atoms with E-state index < -0.39 is 12.3 Å². The molecule has 1 amide bonds. The molecule has 170 valence electrons. The highest BCUT2D eigenvalue weighted by molar-refractivity contribution is 5.92. The van der Waals surface area contributed by atoms with E-state index in [1.165, 1.54) is 12.2 Å². The van der Waals surface area contributed by atoms with Crippen molar-refractivity contribution in [2.75, 3.05) is 0 Å². The fraction of sp³-hybridized carbons (Fsp3) is 0.120. The minimum absolute atomic E-state index is 0.212. The van der Waals surface area contributed by atoms with Crippen LogP contribution >= 0.6 is 0 Å². The third kappa shape index (κ3) is 6.70. The Labute approximate surface area is 189 Å². The molecular weight excluding hydrogens is 431 g/mol. The summed E-state index contributed by atoms with van der Waals surface area (Å²) < 4.78 is 41.7. The highest BCUT2D eigenvalue weighted by Crippen LogP contribution is 2.30. The average Bonchev–Trinajstić information content (AvgIpc) is 3.14. The molecule has 0 spiro atoms. The van der Waals surface area contributed by atoms with E-state index in [0.717, 1.165) is 28.3 Å². The van der Waals surface area contributed by atoms with Gasteiger partial charge < -0.3 is 10.5 Å². The molecule has 5 nitrogen and oxygen atoms in total. The van der Waals surface area contributed by atoms with Crippen LogP contribution in [0, 0.1) is 0 Å². The van der Waals surface area contributed by atoms with Gasteiger partial charge >= 0.3 is 6.36 Å². The lowest BCUT2D eigenvalue weighted by Gasteiger charge is -2.12. The number of carbonyl (C=O) groups is 1. The number of H-pyrrole nitrogens is 1. The first-order valence-electron chi connectivity index (χ1n) is 10.0. The second-order valence-electron chi connectivity index (χ2n) is 7.08. The molecule has 1 aliphatic carbocycles. The fourth-order valence-electron chi connectivity index (χ4n) is 3.29. The molecule has 8 heteroatoms. The van der Waals surface area contributed by atoms with E-state index in [4.69, 9.17) is 5.73 Å². The fourth-order valence-corrected chi connectivity index (χ4v) is 3.29. The van der Waals surface area contributed by atoms with Gasteiger partial charge in [0, 0.05) is 5.56 Å². The third-order valence-electron chi connectivity index (χ3n) is 4.73. The molecule has 33 heavy (non-hydrogen) atoms. The summed E-state index contributed by atoms with van der Waals surface area (Å²) in [5, 5.41) is 6.76. The zero-order valence-electron chi connectivity index (χ0n) is 17.6. The highest BCUT2D eigenvalue weighted by Gasteiger charge is 2.31. The number of alkyl halides is 3. The first kappa shape index (κ1) is 23.6. The zero-order valence-corrected chi connectivity index (χ0v) is 17.6. The van der Waals surface area contributed by atoms with Crippen molar-refractivity contribution in [1.82, 2.24) is 10.2 Å².